The van der Waals surface area contributed by atoms with Gasteiger partial charge in [0.25, 0.3) is 5.69 Å². The Morgan fingerprint density at radius 2 is 1.74 bits per heavy atom. The molecule has 0 amide bonds. The number of hydrogen-bond donors (Lipinski definition) is 0. The lowest BCUT2D eigenvalue weighted by molar-refractivity contribution is -0.384. The van der Waals surface area contributed by atoms with Crippen LogP contribution >= 0.6 is 0 Å². The van der Waals surface area contributed by atoms with E-state index in [0.717, 1.165) is 0 Å². The standard InChI is InChI=1S/C13H15NO5/c1-13(2,3)12(16)19-8-11(15)9-4-6-10(7-5-9)14(17)18/h4-7H,8H2,1-3H3. The summed E-state index contributed by atoms with van der Waals surface area (Å²) in [5.41, 5.74) is -0.494. The van der Waals surface area contributed by atoms with Gasteiger partial charge in [-0.3, -0.25) is 19.7 Å². The summed E-state index contributed by atoms with van der Waals surface area (Å²) in [5, 5.41) is 10.5. The predicted octanol–water partition coefficient (Wildman–Crippen LogP) is 2.37. The van der Waals surface area contributed by atoms with E-state index in [9.17, 15) is 19.7 Å². The van der Waals surface area contributed by atoms with Crippen molar-refractivity contribution in [3.05, 3.63) is 39.9 Å². The van der Waals surface area contributed by atoms with E-state index >= 15 is 0 Å². The number of ether oxygens (including phenoxy) is 1. The van der Waals surface area contributed by atoms with E-state index in [1.165, 1.54) is 24.3 Å². The third-order valence-corrected chi connectivity index (χ3v) is 2.35. The Labute approximate surface area is 110 Å². The SMILES string of the molecule is CC(C)(C)C(=O)OCC(=O)c1ccc([N+](=O)[O-])cc1. The summed E-state index contributed by atoms with van der Waals surface area (Å²) in [6.07, 6.45) is 0. The zero-order valence-corrected chi connectivity index (χ0v) is 11.0. The average molecular weight is 265 g/mol. The van der Waals surface area contributed by atoms with Gasteiger partial charge < -0.3 is 4.74 Å². The first-order valence-corrected chi connectivity index (χ1v) is 5.66. The first kappa shape index (κ1) is 14.8. The summed E-state index contributed by atoms with van der Waals surface area (Å²) in [6, 6.07) is 5.15. The Bertz CT molecular complexity index is 499. The fourth-order valence-corrected chi connectivity index (χ4v) is 1.20. The van der Waals surface area contributed by atoms with Gasteiger partial charge in [-0.05, 0) is 32.9 Å². The van der Waals surface area contributed by atoms with E-state index in [-0.39, 0.29) is 17.9 Å². The molecule has 6 heteroatoms. The van der Waals surface area contributed by atoms with Gasteiger partial charge in [-0.2, -0.15) is 0 Å². The van der Waals surface area contributed by atoms with Gasteiger partial charge in [0.15, 0.2) is 12.4 Å². The smallest absolute Gasteiger partial charge is 0.311 e. The topological polar surface area (TPSA) is 86.5 Å². The summed E-state index contributed by atoms with van der Waals surface area (Å²) in [5.74, 6) is -0.866. The maximum absolute atomic E-state index is 11.7. The maximum Gasteiger partial charge on any atom is 0.311 e. The van der Waals surface area contributed by atoms with Crippen molar-refractivity contribution in [2.45, 2.75) is 20.8 Å². The van der Waals surface area contributed by atoms with Gasteiger partial charge >= 0.3 is 5.97 Å². The van der Waals surface area contributed by atoms with Crippen LogP contribution in [0.15, 0.2) is 24.3 Å². The van der Waals surface area contributed by atoms with Crippen molar-refractivity contribution in [3.63, 3.8) is 0 Å². The Kier molecular flexibility index (Phi) is 4.37. The average Bonchev–Trinajstić information content (AvgIpc) is 2.34. The van der Waals surface area contributed by atoms with Crippen molar-refractivity contribution in [1.29, 1.82) is 0 Å². The number of Topliss-reactive ketones (excluding diaryl/α,β-unsaturated/α-hetero) is 1. The Morgan fingerprint density at radius 1 is 1.21 bits per heavy atom. The number of ketones is 1. The molecular weight excluding hydrogens is 250 g/mol. The molecule has 0 saturated heterocycles. The molecule has 19 heavy (non-hydrogen) atoms. The first-order chi connectivity index (χ1) is 8.71. The summed E-state index contributed by atoms with van der Waals surface area (Å²) in [4.78, 5) is 33.1. The molecule has 6 nitrogen and oxygen atoms in total. The van der Waals surface area contributed by atoms with E-state index in [0.29, 0.717) is 0 Å². The monoisotopic (exact) mass is 265 g/mol. The Morgan fingerprint density at radius 3 is 2.16 bits per heavy atom. The number of rotatable bonds is 4. The molecule has 0 atom stereocenters. The molecule has 0 aliphatic heterocycles. The minimum atomic E-state index is -0.671. The first-order valence-electron chi connectivity index (χ1n) is 5.66. The van der Waals surface area contributed by atoms with Gasteiger partial charge in [-0.25, -0.2) is 0 Å². The second-order valence-electron chi connectivity index (χ2n) is 5.05. The van der Waals surface area contributed by atoms with Gasteiger partial charge in [-0.1, -0.05) is 0 Å². The number of non-ortho nitro benzene ring substituents is 1. The number of hydrogen-bond acceptors (Lipinski definition) is 5. The van der Waals surface area contributed by atoms with Crippen molar-refractivity contribution in [3.8, 4) is 0 Å². The van der Waals surface area contributed by atoms with Crippen LogP contribution in [-0.2, 0) is 9.53 Å². The van der Waals surface area contributed by atoms with Crippen molar-refractivity contribution in [2.75, 3.05) is 6.61 Å². The summed E-state index contributed by atoms with van der Waals surface area (Å²) < 4.78 is 4.88. The summed E-state index contributed by atoms with van der Waals surface area (Å²) >= 11 is 0. The lowest BCUT2D eigenvalue weighted by atomic mass is 9.97. The van der Waals surface area contributed by atoms with Crippen LogP contribution in [0.25, 0.3) is 0 Å². The zero-order valence-electron chi connectivity index (χ0n) is 11.0. The van der Waals surface area contributed by atoms with E-state index in [1.54, 1.807) is 20.8 Å². The largest absolute Gasteiger partial charge is 0.457 e. The molecule has 102 valence electrons. The molecule has 0 saturated carbocycles. The van der Waals surface area contributed by atoms with Gasteiger partial charge in [0.1, 0.15) is 0 Å². The fourth-order valence-electron chi connectivity index (χ4n) is 1.20. The molecule has 1 rings (SSSR count). The lowest BCUT2D eigenvalue weighted by Crippen LogP contribution is -2.25. The number of nitrogens with zero attached hydrogens (tertiary/aromatic N) is 1. The van der Waals surface area contributed by atoms with Crippen LogP contribution < -0.4 is 0 Å². The van der Waals surface area contributed by atoms with E-state index in [2.05, 4.69) is 0 Å². The molecule has 0 spiro atoms. The highest BCUT2D eigenvalue weighted by molar-refractivity contribution is 5.98. The van der Waals surface area contributed by atoms with Crippen LogP contribution in [0.3, 0.4) is 0 Å². The number of carbonyl (C=O) groups is 2. The normalized spacial score (nSPS) is 10.9. The number of esters is 1. The molecule has 0 fully saturated rings. The highest BCUT2D eigenvalue weighted by Gasteiger charge is 2.24. The lowest BCUT2D eigenvalue weighted by Gasteiger charge is -2.15. The van der Waals surface area contributed by atoms with E-state index < -0.39 is 22.1 Å². The quantitative estimate of drug-likeness (QED) is 0.361. The van der Waals surface area contributed by atoms with Crippen LogP contribution in [0.5, 0.6) is 0 Å². The third-order valence-electron chi connectivity index (χ3n) is 2.35. The molecule has 0 N–H and O–H groups in total. The van der Waals surface area contributed by atoms with Gasteiger partial charge in [0, 0.05) is 17.7 Å². The van der Waals surface area contributed by atoms with Crippen molar-refractivity contribution in [1.82, 2.24) is 0 Å². The van der Waals surface area contributed by atoms with Gasteiger partial charge in [-0.15, -0.1) is 0 Å². The number of nitro groups is 1. The van der Waals surface area contributed by atoms with Crippen LogP contribution in [0.1, 0.15) is 31.1 Å². The number of nitro benzene ring substituents is 1. The highest BCUT2D eigenvalue weighted by Crippen LogP contribution is 2.16. The molecule has 1 aromatic rings. The van der Waals surface area contributed by atoms with Crippen LogP contribution in [-0.4, -0.2) is 23.3 Å². The fraction of sp³-hybridized carbons (Fsp3) is 0.385. The minimum Gasteiger partial charge on any atom is -0.457 e. The minimum absolute atomic E-state index is 0.0942. The summed E-state index contributed by atoms with van der Waals surface area (Å²) in [7, 11) is 0. The molecule has 0 radical (unpaired) electrons. The highest BCUT2D eigenvalue weighted by atomic mass is 16.6. The molecule has 0 unspecified atom stereocenters. The van der Waals surface area contributed by atoms with Gasteiger partial charge in [0.05, 0.1) is 10.3 Å². The predicted molar refractivity (Wildman–Crippen MR) is 67.8 cm³/mol. The molecule has 0 heterocycles. The third kappa shape index (κ3) is 4.17. The number of carbonyl (C=O) groups excluding carboxylic acids is 2. The van der Waals surface area contributed by atoms with Gasteiger partial charge in [0.2, 0.25) is 0 Å². The molecule has 0 aliphatic rings. The maximum atomic E-state index is 11.7. The van der Waals surface area contributed by atoms with E-state index in [4.69, 9.17) is 4.74 Å². The molecule has 0 aromatic heterocycles. The molecule has 1 aromatic carbocycles. The second-order valence-corrected chi connectivity index (χ2v) is 5.05. The van der Waals surface area contributed by atoms with E-state index in [1.807, 2.05) is 0 Å². The van der Waals surface area contributed by atoms with Crippen LogP contribution in [0.2, 0.25) is 0 Å². The Hall–Kier alpha value is -2.24. The second kappa shape index (κ2) is 5.60. The van der Waals surface area contributed by atoms with Crippen LogP contribution in [0, 0.1) is 15.5 Å². The van der Waals surface area contributed by atoms with Crippen molar-refractivity contribution in [2.24, 2.45) is 5.41 Å². The molecule has 0 bridgehead atoms. The molecule has 0 aliphatic carbocycles. The Balaban J connectivity index is 2.64. The van der Waals surface area contributed by atoms with Crippen molar-refractivity contribution >= 4 is 17.4 Å². The number of benzene rings is 1. The molecular formula is C13H15NO5. The van der Waals surface area contributed by atoms with Crippen molar-refractivity contribution < 1.29 is 19.2 Å². The summed E-state index contributed by atoms with van der Waals surface area (Å²) in [6.45, 7) is 4.69. The van der Waals surface area contributed by atoms with Crippen LogP contribution in [0.4, 0.5) is 5.69 Å². The zero-order chi connectivity index (χ0) is 14.6.